The number of aryl methyl sites for hydroxylation is 1. The molecule has 0 saturated carbocycles. The number of nitrogens with one attached hydrogen (secondary N) is 1. The second-order valence-corrected chi connectivity index (χ2v) is 6.24. The van der Waals surface area contributed by atoms with Crippen LogP contribution in [0.4, 0.5) is 14.9 Å². The van der Waals surface area contributed by atoms with Crippen molar-refractivity contribution in [2.45, 2.75) is 19.8 Å². The van der Waals surface area contributed by atoms with Crippen LogP contribution in [0.25, 0.3) is 11.1 Å². The second-order valence-electron chi connectivity index (χ2n) is 6.24. The number of nitrogens with zero attached hydrogens (tertiary/aromatic N) is 3. The van der Waals surface area contributed by atoms with E-state index in [2.05, 4.69) is 16.4 Å². The number of rotatable bonds is 2. The summed E-state index contributed by atoms with van der Waals surface area (Å²) in [6.45, 7) is 3.09. The van der Waals surface area contributed by atoms with E-state index in [1.807, 2.05) is 25.1 Å². The monoisotopic (exact) mass is 338 g/mol. The van der Waals surface area contributed by atoms with Gasteiger partial charge in [-0.25, -0.2) is 9.18 Å². The smallest absolute Gasteiger partial charge is 0.321 e. The average Bonchev–Trinajstić information content (AvgIpc) is 2.63. The molecule has 6 heteroatoms. The quantitative estimate of drug-likeness (QED) is 0.901. The number of hydrogen-bond donors (Lipinski definition) is 1. The number of nitriles is 1. The van der Waals surface area contributed by atoms with Gasteiger partial charge in [0.1, 0.15) is 5.82 Å². The Balaban J connectivity index is 1.74. The Bertz CT molecular complexity index is 822. The number of likely N-dealkylation sites (tertiary alicyclic amines) is 1. The van der Waals surface area contributed by atoms with Crippen molar-refractivity contribution in [3.63, 3.8) is 0 Å². The molecule has 1 aromatic carbocycles. The number of halogens is 1. The SMILES string of the molecule is Cc1ccc(NC(=O)N2CCC(C#N)CC2)cc1-c1cncc(F)c1. The van der Waals surface area contributed by atoms with Gasteiger partial charge in [-0.1, -0.05) is 6.07 Å². The highest BCUT2D eigenvalue weighted by Gasteiger charge is 2.22. The van der Waals surface area contributed by atoms with Crippen LogP contribution in [-0.2, 0) is 0 Å². The summed E-state index contributed by atoms with van der Waals surface area (Å²) in [7, 11) is 0. The molecule has 1 N–H and O–H groups in total. The zero-order chi connectivity index (χ0) is 17.8. The minimum atomic E-state index is -0.397. The summed E-state index contributed by atoms with van der Waals surface area (Å²) in [6, 6.07) is 9.04. The Hall–Kier alpha value is -2.94. The third-order valence-electron chi connectivity index (χ3n) is 4.47. The van der Waals surface area contributed by atoms with Gasteiger partial charge in [0.25, 0.3) is 0 Å². The molecule has 1 aliphatic heterocycles. The van der Waals surface area contributed by atoms with Crippen LogP contribution in [-0.4, -0.2) is 29.0 Å². The number of anilines is 1. The standard InChI is InChI=1S/C19H19FN4O/c1-13-2-3-17(9-18(13)15-8-16(20)12-22-11-15)23-19(25)24-6-4-14(10-21)5-7-24/h2-3,8-9,11-12,14H,4-7H2,1H3,(H,23,25). The van der Waals surface area contributed by atoms with Crippen LogP contribution >= 0.6 is 0 Å². The van der Waals surface area contributed by atoms with Crippen molar-refractivity contribution < 1.29 is 9.18 Å². The number of aromatic nitrogens is 1. The van der Waals surface area contributed by atoms with E-state index in [1.54, 1.807) is 11.1 Å². The van der Waals surface area contributed by atoms with Gasteiger partial charge >= 0.3 is 6.03 Å². The van der Waals surface area contributed by atoms with E-state index in [-0.39, 0.29) is 11.9 Å². The van der Waals surface area contributed by atoms with Gasteiger partial charge in [-0.3, -0.25) is 4.98 Å². The fraction of sp³-hybridized carbons (Fsp3) is 0.316. The lowest BCUT2D eigenvalue weighted by Gasteiger charge is -2.29. The molecule has 2 amide bonds. The lowest BCUT2D eigenvalue weighted by atomic mass is 9.99. The van der Waals surface area contributed by atoms with Crippen LogP contribution < -0.4 is 5.32 Å². The highest BCUT2D eigenvalue weighted by molar-refractivity contribution is 5.90. The summed E-state index contributed by atoms with van der Waals surface area (Å²) < 4.78 is 13.4. The van der Waals surface area contributed by atoms with Crippen LogP contribution in [0.15, 0.2) is 36.7 Å². The zero-order valence-corrected chi connectivity index (χ0v) is 14.0. The molecule has 0 atom stereocenters. The van der Waals surface area contributed by atoms with Gasteiger partial charge in [-0.15, -0.1) is 0 Å². The molecule has 1 aromatic heterocycles. The van der Waals surface area contributed by atoms with Crippen molar-refractivity contribution in [3.05, 3.63) is 48.0 Å². The van der Waals surface area contributed by atoms with E-state index in [0.717, 1.165) is 17.3 Å². The summed E-state index contributed by atoms with van der Waals surface area (Å²) in [4.78, 5) is 18.0. The van der Waals surface area contributed by atoms with Crippen molar-refractivity contribution in [2.75, 3.05) is 18.4 Å². The minimum Gasteiger partial charge on any atom is -0.324 e. The van der Waals surface area contributed by atoms with Gasteiger partial charge < -0.3 is 10.2 Å². The molecular formula is C19H19FN4O. The van der Waals surface area contributed by atoms with Crippen LogP contribution in [0, 0.1) is 30.0 Å². The third kappa shape index (κ3) is 3.94. The molecule has 0 spiro atoms. The number of hydrogen-bond acceptors (Lipinski definition) is 3. The maximum atomic E-state index is 13.4. The van der Waals surface area contributed by atoms with Crippen molar-refractivity contribution >= 4 is 11.7 Å². The summed E-state index contributed by atoms with van der Waals surface area (Å²) in [5.41, 5.74) is 3.12. The summed E-state index contributed by atoms with van der Waals surface area (Å²) in [5.74, 6) is -0.359. The predicted octanol–water partition coefficient (Wildman–Crippen LogP) is 3.96. The first-order valence-corrected chi connectivity index (χ1v) is 8.24. The highest BCUT2D eigenvalue weighted by atomic mass is 19.1. The normalized spacial score (nSPS) is 14.8. The maximum absolute atomic E-state index is 13.4. The number of carbonyl (C=O) groups is 1. The second kappa shape index (κ2) is 7.31. The molecular weight excluding hydrogens is 319 g/mol. The maximum Gasteiger partial charge on any atom is 0.321 e. The molecule has 1 saturated heterocycles. The molecule has 3 rings (SSSR count). The van der Waals surface area contributed by atoms with Crippen LogP contribution in [0.2, 0.25) is 0 Å². The van der Waals surface area contributed by atoms with Gasteiger partial charge in [0, 0.05) is 36.5 Å². The third-order valence-corrected chi connectivity index (χ3v) is 4.47. The van der Waals surface area contributed by atoms with Gasteiger partial charge in [0.05, 0.1) is 12.3 Å². The van der Waals surface area contributed by atoms with Crippen LogP contribution in [0.3, 0.4) is 0 Å². The number of urea groups is 1. The number of amides is 2. The molecule has 0 radical (unpaired) electrons. The molecule has 5 nitrogen and oxygen atoms in total. The van der Waals surface area contributed by atoms with E-state index in [4.69, 9.17) is 5.26 Å². The van der Waals surface area contributed by atoms with Crippen molar-refractivity contribution in [1.82, 2.24) is 9.88 Å². The number of benzene rings is 1. The lowest BCUT2D eigenvalue weighted by Crippen LogP contribution is -2.40. The van der Waals surface area contributed by atoms with Crippen molar-refractivity contribution in [2.24, 2.45) is 5.92 Å². The van der Waals surface area contributed by atoms with Gasteiger partial charge in [-0.2, -0.15) is 5.26 Å². The van der Waals surface area contributed by atoms with Crippen LogP contribution in [0.5, 0.6) is 0 Å². The van der Waals surface area contributed by atoms with Gasteiger partial charge in [0.15, 0.2) is 0 Å². The summed E-state index contributed by atoms with van der Waals surface area (Å²) in [6.07, 6.45) is 4.18. The molecule has 0 unspecified atom stereocenters. The molecule has 2 aromatic rings. The zero-order valence-electron chi connectivity index (χ0n) is 14.0. The van der Waals surface area contributed by atoms with E-state index in [0.29, 0.717) is 37.2 Å². The summed E-state index contributed by atoms with van der Waals surface area (Å²) >= 11 is 0. The fourth-order valence-corrected chi connectivity index (χ4v) is 2.98. The number of carbonyl (C=O) groups excluding carboxylic acids is 1. The molecule has 0 bridgehead atoms. The van der Waals surface area contributed by atoms with E-state index < -0.39 is 5.82 Å². The highest BCUT2D eigenvalue weighted by Crippen LogP contribution is 2.27. The first-order valence-electron chi connectivity index (χ1n) is 8.24. The number of pyridine rings is 1. The predicted molar refractivity (Wildman–Crippen MR) is 93.3 cm³/mol. The Morgan fingerprint density at radius 1 is 1.32 bits per heavy atom. The Morgan fingerprint density at radius 3 is 2.76 bits per heavy atom. The van der Waals surface area contributed by atoms with Gasteiger partial charge in [-0.05, 0) is 49.1 Å². The molecule has 128 valence electrons. The summed E-state index contributed by atoms with van der Waals surface area (Å²) in [5, 5.41) is 11.8. The Kier molecular flexibility index (Phi) is 4.94. The van der Waals surface area contributed by atoms with Crippen molar-refractivity contribution in [1.29, 1.82) is 5.26 Å². The lowest BCUT2D eigenvalue weighted by molar-refractivity contribution is 0.192. The van der Waals surface area contributed by atoms with Gasteiger partial charge in [0.2, 0.25) is 0 Å². The Morgan fingerprint density at radius 2 is 2.08 bits per heavy atom. The Labute approximate surface area is 146 Å². The topological polar surface area (TPSA) is 69.0 Å². The average molecular weight is 338 g/mol. The molecule has 1 fully saturated rings. The van der Waals surface area contributed by atoms with Crippen molar-refractivity contribution in [3.8, 4) is 17.2 Å². The van der Waals surface area contributed by atoms with E-state index in [9.17, 15) is 9.18 Å². The number of piperidine rings is 1. The van der Waals surface area contributed by atoms with E-state index in [1.165, 1.54) is 6.07 Å². The molecule has 0 aliphatic carbocycles. The largest absolute Gasteiger partial charge is 0.324 e. The first-order chi connectivity index (χ1) is 12.1. The molecule has 25 heavy (non-hydrogen) atoms. The first kappa shape index (κ1) is 16.9. The van der Waals surface area contributed by atoms with E-state index >= 15 is 0 Å². The molecule has 2 heterocycles. The fourth-order valence-electron chi connectivity index (χ4n) is 2.98. The minimum absolute atomic E-state index is 0.0375. The van der Waals surface area contributed by atoms with Crippen LogP contribution in [0.1, 0.15) is 18.4 Å². The molecule has 1 aliphatic rings.